The van der Waals surface area contributed by atoms with Gasteiger partial charge in [0.1, 0.15) is 13.2 Å². The van der Waals surface area contributed by atoms with Crippen LogP contribution in [-0.2, 0) is 28.6 Å². The Hall–Kier alpha value is -1.59. The summed E-state index contributed by atoms with van der Waals surface area (Å²) in [5, 5.41) is 0. The molecule has 0 spiro atoms. The molecule has 1 unspecified atom stereocenters. The van der Waals surface area contributed by atoms with E-state index in [1.165, 1.54) is 109 Å². The Morgan fingerprint density at radius 1 is 0.426 bits per heavy atom. The molecule has 0 aromatic carbocycles. The van der Waals surface area contributed by atoms with E-state index in [1.807, 2.05) is 0 Å². The Balaban J connectivity index is 4.19. The minimum Gasteiger partial charge on any atom is -0.462 e. The second kappa shape index (κ2) is 35.7. The molecule has 0 saturated carbocycles. The Morgan fingerprint density at radius 2 is 0.745 bits per heavy atom. The number of carbonyl (C=O) groups excluding carboxylic acids is 3. The fourth-order valence-electron chi connectivity index (χ4n) is 5.89. The Bertz CT molecular complexity index is 708. The smallest absolute Gasteiger partial charge is 0.306 e. The van der Waals surface area contributed by atoms with Crippen molar-refractivity contribution in [2.45, 2.75) is 226 Å². The molecule has 0 amide bonds. The van der Waals surface area contributed by atoms with Gasteiger partial charge in [-0.15, -0.1) is 0 Å². The molecule has 0 saturated heterocycles. The third-order valence-corrected chi connectivity index (χ3v) is 9.40. The molecule has 0 aromatic rings. The van der Waals surface area contributed by atoms with E-state index >= 15 is 0 Å². The molecule has 0 radical (unpaired) electrons. The van der Waals surface area contributed by atoms with E-state index < -0.39 is 6.10 Å². The van der Waals surface area contributed by atoms with Crippen LogP contribution in [0, 0.1) is 5.92 Å². The summed E-state index contributed by atoms with van der Waals surface area (Å²) in [6, 6.07) is 0. The van der Waals surface area contributed by atoms with Crippen LogP contribution in [0.1, 0.15) is 220 Å². The SMILES string of the molecule is CCCCCCCCCCCCC(=O)OC[C@H](COC(=O)CCCCCCCCCCCCC(C)CC)OC(=O)CCCCCCC. The molecule has 0 fully saturated rings. The summed E-state index contributed by atoms with van der Waals surface area (Å²) in [4.78, 5) is 37.2. The topological polar surface area (TPSA) is 78.9 Å². The summed E-state index contributed by atoms with van der Waals surface area (Å²) >= 11 is 0. The van der Waals surface area contributed by atoms with Crippen LogP contribution in [0.2, 0.25) is 0 Å². The Kier molecular flexibility index (Phi) is 34.5. The van der Waals surface area contributed by atoms with Gasteiger partial charge in [0.2, 0.25) is 0 Å². The first-order valence-corrected chi connectivity index (χ1v) is 20.4. The van der Waals surface area contributed by atoms with Crippen LogP contribution in [0.5, 0.6) is 0 Å². The summed E-state index contributed by atoms with van der Waals surface area (Å²) in [6.07, 6.45) is 32.5. The van der Waals surface area contributed by atoms with Crippen LogP contribution in [0.4, 0.5) is 0 Å². The van der Waals surface area contributed by atoms with Gasteiger partial charge in [0, 0.05) is 19.3 Å². The summed E-state index contributed by atoms with van der Waals surface area (Å²) in [7, 11) is 0. The molecule has 47 heavy (non-hydrogen) atoms. The molecule has 0 aliphatic heterocycles. The van der Waals surface area contributed by atoms with E-state index in [0.29, 0.717) is 19.3 Å². The standard InChI is InChI=1S/C41H78O6/c1-5-8-10-12-13-14-18-21-25-28-32-39(42)45-35-38(47-41(44)34-30-23-11-9-6-2)36-46-40(43)33-29-26-22-19-16-15-17-20-24-27-31-37(4)7-3/h37-38H,5-36H2,1-4H3/t37?,38-/m1/s1. The van der Waals surface area contributed by atoms with E-state index in [2.05, 4.69) is 27.7 Å². The van der Waals surface area contributed by atoms with Crippen molar-refractivity contribution in [3.63, 3.8) is 0 Å². The maximum atomic E-state index is 12.5. The highest BCUT2D eigenvalue weighted by Gasteiger charge is 2.19. The van der Waals surface area contributed by atoms with Crippen molar-refractivity contribution in [1.82, 2.24) is 0 Å². The van der Waals surface area contributed by atoms with E-state index in [-0.39, 0.29) is 31.1 Å². The third-order valence-electron chi connectivity index (χ3n) is 9.40. The number of rotatable bonds is 36. The van der Waals surface area contributed by atoms with Crippen LogP contribution < -0.4 is 0 Å². The van der Waals surface area contributed by atoms with Crippen LogP contribution in [0.3, 0.4) is 0 Å². The highest BCUT2D eigenvalue weighted by Crippen LogP contribution is 2.16. The zero-order valence-corrected chi connectivity index (χ0v) is 31.7. The van der Waals surface area contributed by atoms with Crippen LogP contribution >= 0.6 is 0 Å². The molecular weight excluding hydrogens is 588 g/mol. The number of ether oxygens (including phenoxy) is 3. The third kappa shape index (κ3) is 34.1. The largest absolute Gasteiger partial charge is 0.462 e. The minimum absolute atomic E-state index is 0.0662. The quantitative estimate of drug-likeness (QED) is 0.0376. The highest BCUT2D eigenvalue weighted by atomic mass is 16.6. The molecule has 0 aliphatic carbocycles. The second-order valence-electron chi connectivity index (χ2n) is 14.2. The zero-order chi connectivity index (χ0) is 34.6. The van der Waals surface area contributed by atoms with Crippen LogP contribution in [-0.4, -0.2) is 37.2 Å². The number of hydrogen-bond donors (Lipinski definition) is 0. The lowest BCUT2D eigenvalue weighted by Crippen LogP contribution is -2.30. The Labute approximate surface area is 291 Å². The monoisotopic (exact) mass is 667 g/mol. The predicted molar refractivity (Wildman–Crippen MR) is 196 cm³/mol. The van der Waals surface area contributed by atoms with E-state index in [9.17, 15) is 14.4 Å². The minimum atomic E-state index is -0.756. The zero-order valence-electron chi connectivity index (χ0n) is 31.7. The van der Waals surface area contributed by atoms with Crippen molar-refractivity contribution >= 4 is 17.9 Å². The molecule has 0 N–H and O–H groups in total. The first-order valence-electron chi connectivity index (χ1n) is 20.4. The predicted octanol–water partition coefficient (Wildman–Crippen LogP) is 12.4. The lowest BCUT2D eigenvalue weighted by molar-refractivity contribution is -0.167. The number of esters is 3. The highest BCUT2D eigenvalue weighted by molar-refractivity contribution is 5.71. The van der Waals surface area contributed by atoms with Gasteiger partial charge in [-0.2, -0.15) is 0 Å². The Morgan fingerprint density at radius 3 is 1.11 bits per heavy atom. The van der Waals surface area contributed by atoms with Crippen molar-refractivity contribution in [2.75, 3.05) is 13.2 Å². The van der Waals surface area contributed by atoms with E-state index in [1.54, 1.807) is 0 Å². The summed E-state index contributed by atoms with van der Waals surface area (Å²) in [5.41, 5.74) is 0. The van der Waals surface area contributed by atoms with Crippen LogP contribution in [0.15, 0.2) is 0 Å². The van der Waals surface area contributed by atoms with Crippen molar-refractivity contribution in [1.29, 1.82) is 0 Å². The molecule has 0 aromatic heterocycles. The van der Waals surface area contributed by atoms with E-state index in [0.717, 1.165) is 70.1 Å². The van der Waals surface area contributed by atoms with Gasteiger partial charge >= 0.3 is 17.9 Å². The van der Waals surface area contributed by atoms with Crippen LogP contribution in [0.25, 0.3) is 0 Å². The fraction of sp³-hybridized carbons (Fsp3) is 0.927. The maximum absolute atomic E-state index is 12.5. The average Bonchev–Trinajstić information content (AvgIpc) is 3.06. The van der Waals surface area contributed by atoms with Gasteiger partial charge in [-0.1, -0.05) is 182 Å². The van der Waals surface area contributed by atoms with Gasteiger partial charge in [0.25, 0.3) is 0 Å². The van der Waals surface area contributed by atoms with Crippen molar-refractivity contribution in [2.24, 2.45) is 5.92 Å². The summed E-state index contributed by atoms with van der Waals surface area (Å²) in [6.45, 7) is 8.90. The number of hydrogen-bond acceptors (Lipinski definition) is 6. The molecule has 0 aliphatic rings. The maximum Gasteiger partial charge on any atom is 0.306 e. The molecule has 2 atom stereocenters. The van der Waals surface area contributed by atoms with Crippen molar-refractivity contribution in [3.05, 3.63) is 0 Å². The fourth-order valence-corrected chi connectivity index (χ4v) is 5.89. The molecule has 0 heterocycles. The van der Waals surface area contributed by atoms with Gasteiger partial charge in [0.15, 0.2) is 6.10 Å². The van der Waals surface area contributed by atoms with Gasteiger partial charge in [-0.05, 0) is 25.2 Å². The first-order chi connectivity index (χ1) is 22.9. The van der Waals surface area contributed by atoms with Gasteiger partial charge in [0.05, 0.1) is 0 Å². The van der Waals surface area contributed by atoms with Crippen molar-refractivity contribution < 1.29 is 28.6 Å². The molecule has 278 valence electrons. The lowest BCUT2D eigenvalue weighted by atomic mass is 9.99. The summed E-state index contributed by atoms with van der Waals surface area (Å²) < 4.78 is 16.5. The first kappa shape index (κ1) is 45.4. The van der Waals surface area contributed by atoms with E-state index in [4.69, 9.17) is 14.2 Å². The normalized spacial score (nSPS) is 12.5. The second-order valence-corrected chi connectivity index (χ2v) is 14.2. The lowest BCUT2D eigenvalue weighted by Gasteiger charge is -2.18. The summed E-state index contributed by atoms with van der Waals surface area (Å²) in [5.74, 6) is -0.00745. The van der Waals surface area contributed by atoms with Gasteiger partial charge in [-0.3, -0.25) is 14.4 Å². The molecule has 0 bridgehead atoms. The number of unbranched alkanes of at least 4 members (excludes halogenated alkanes) is 22. The van der Waals surface area contributed by atoms with Gasteiger partial charge in [-0.25, -0.2) is 0 Å². The molecule has 0 rings (SSSR count). The van der Waals surface area contributed by atoms with Gasteiger partial charge < -0.3 is 14.2 Å². The average molecular weight is 667 g/mol. The van der Waals surface area contributed by atoms with Crippen molar-refractivity contribution in [3.8, 4) is 0 Å². The molecule has 6 heteroatoms. The number of carbonyl (C=O) groups is 3. The molecular formula is C41H78O6. The molecule has 6 nitrogen and oxygen atoms in total.